The van der Waals surface area contributed by atoms with E-state index in [1.54, 1.807) is 0 Å². The van der Waals surface area contributed by atoms with Crippen LogP contribution in [0.3, 0.4) is 0 Å². The number of aromatic nitrogens is 1. The number of likely N-dealkylation sites (tertiary alicyclic amines) is 1. The van der Waals surface area contributed by atoms with Crippen molar-refractivity contribution in [1.29, 1.82) is 0 Å². The number of rotatable bonds is 3. The molecule has 134 valence electrons. The molecular weight excluding hydrogens is 411 g/mol. The Hall–Kier alpha value is -1.72. The van der Waals surface area contributed by atoms with Crippen LogP contribution in [-0.4, -0.2) is 27.5 Å². The van der Waals surface area contributed by atoms with Gasteiger partial charge in [0, 0.05) is 46.8 Å². The van der Waals surface area contributed by atoms with Crippen molar-refractivity contribution in [3.63, 3.8) is 0 Å². The van der Waals surface area contributed by atoms with Crippen LogP contribution in [0.15, 0.2) is 53.1 Å². The van der Waals surface area contributed by atoms with Crippen LogP contribution < -0.4 is 0 Å². The van der Waals surface area contributed by atoms with Crippen LogP contribution in [0.5, 0.6) is 0 Å². The highest BCUT2D eigenvalue weighted by Gasteiger charge is 2.19. The lowest BCUT2D eigenvalue weighted by atomic mass is 10.1. The van der Waals surface area contributed by atoms with Crippen LogP contribution in [0.25, 0.3) is 10.9 Å². The summed E-state index contributed by atoms with van der Waals surface area (Å²) in [4.78, 5) is 3.27. The molecule has 1 fully saturated rings. The van der Waals surface area contributed by atoms with E-state index in [1.807, 2.05) is 12.1 Å². The van der Waals surface area contributed by atoms with Gasteiger partial charge in [-0.3, -0.25) is 0 Å². The van der Waals surface area contributed by atoms with Gasteiger partial charge < -0.3 is 9.47 Å². The van der Waals surface area contributed by atoms with Gasteiger partial charge in [0.05, 0.1) is 0 Å². The number of nitrogens with zero attached hydrogens (tertiary/aromatic N) is 2. The van der Waals surface area contributed by atoms with Crippen LogP contribution in [-0.2, 0) is 6.54 Å². The zero-order valence-corrected chi connectivity index (χ0v) is 16.8. The molecular formula is C21H20BrFN2S. The summed E-state index contributed by atoms with van der Waals surface area (Å²) >= 11 is 9.44. The average molecular weight is 431 g/mol. The molecule has 0 aliphatic carbocycles. The van der Waals surface area contributed by atoms with Crippen molar-refractivity contribution in [2.45, 2.75) is 25.8 Å². The van der Waals surface area contributed by atoms with Gasteiger partial charge in [0.25, 0.3) is 0 Å². The van der Waals surface area contributed by atoms with Gasteiger partial charge in [-0.15, -0.1) is 0 Å². The minimum atomic E-state index is -0.206. The number of benzene rings is 2. The first kappa shape index (κ1) is 17.7. The van der Waals surface area contributed by atoms with Crippen LogP contribution in [0.1, 0.15) is 30.4 Å². The highest BCUT2D eigenvalue weighted by atomic mass is 79.9. The van der Waals surface area contributed by atoms with Gasteiger partial charge in [0.15, 0.2) is 0 Å². The molecule has 1 aliphatic rings. The van der Waals surface area contributed by atoms with Crippen molar-refractivity contribution >= 4 is 44.0 Å². The van der Waals surface area contributed by atoms with Crippen molar-refractivity contribution in [2.24, 2.45) is 0 Å². The number of hydrogen-bond acceptors (Lipinski definition) is 1. The summed E-state index contributed by atoms with van der Waals surface area (Å²) in [6.45, 7) is 2.77. The van der Waals surface area contributed by atoms with Crippen molar-refractivity contribution < 1.29 is 4.39 Å². The Labute approximate surface area is 166 Å². The summed E-state index contributed by atoms with van der Waals surface area (Å²) in [5.74, 6) is -0.206. The molecule has 2 heterocycles. The topological polar surface area (TPSA) is 8.17 Å². The van der Waals surface area contributed by atoms with E-state index in [0.717, 1.165) is 44.6 Å². The molecule has 2 nitrogen and oxygen atoms in total. The Morgan fingerprint density at radius 3 is 2.50 bits per heavy atom. The van der Waals surface area contributed by atoms with Gasteiger partial charge in [-0.1, -0.05) is 40.3 Å². The summed E-state index contributed by atoms with van der Waals surface area (Å²) in [6.07, 6.45) is 5.85. The van der Waals surface area contributed by atoms with E-state index in [-0.39, 0.29) is 5.82 Å². The zero-order valence-electron chi connectivity index (χ0n) is 14.4. The summed E-state index contributed by atoms with van der Waals surface area (Å²) in [5, 5.41) is 1.16. The van der Waals surface area contributed by atoms with Crippen LogP contribution in [0, 0.1) is 5.82 Å². The Morgan fingerprint density at radius 2 is 1.77 bits per heavy atom. The molecule has 3 aromatic rings. The molecule has 0 unspecified atom stereocenters. The number of hydrogen-bond donors (Lipinski definition) is 0. The normalized spacial score (nSPS) is 14.8. The Bertz CT molecular complexity index is 943. The molecule has 0 amide bonds. The highest BCUT2D eigenvalue weighted by molar-refractivity contribution is 9.10. The first-order valence-electron chi connectivity index (χ1n) is 8.94. The molecule has 26 heavy (non-hydrogen) atoms. The number of piperidine rings is 1. The van der Waals surface area contributed by atoms with Gasteiger partial charge >= 0.3 is 0 Å². The minimum absolute atomic E-state index is 0.206. The second kappa shape index (κ2) is 7.49. The van der Waals surface area contributed by atoms with E-state index in [2.05, 4.69) is 49.8 Å². The third-order valence-corrected chi connectivity index (χ3v) is 5.95. The summed E-state index contributed by atoms with van der Waals surface area (Å²) in [6, 6.07) is 13.0. The maximum Gasteiger partial charge on any atom is 0.123 e. The van der Waals surface area contributed by atoms with Crippen molar-refractivity contribution in [1.82, 2.24) is 9.47 Å². The quantitative estimate of drug-likeness (QED) is 0.488. The molecule has 0 N–H and O–H groups in total. The van der Waals surface area contributed by atoms with Gasteiger partial charge in [-0.2, -0.15) is 0 Å². The molecule has 0 spiro atoms. The lowest BCUT2D eigenvalue weighted by molar-refractivity contribution is 0.348. The molecule has 1 aromatic heterocycles. The standard InChI is InChI=1S/C21H20BrFN2S/c22-16-6-9-20-18(12-16)19(21(26)24-10-2-1-3-11-24)14-25(20)13-15-4-7-17(23)8-5-15/h4-9,12,14H,1-3,10-11,13H2. The molecule has 2 aromatic carbocycles. The maximum absolute atomic E-state index is 13.2. The van der Waals surface area contributed by atoms with Gasteiger partial charge in [0.1, 0.15) is 10.8 Å². The molecule has 5 heteroatoms. The number of halogens is 2. The first-order chi connectivity index (χ1) is 12.6. The third-order valence-electron chi connectivity index (χ3n) is 4.98. The Balaban J connectivity index is 1.74. The van der Waals surface area contributed by atoms with Gasteiger partial charge in [-0.25, -0.2) is 4.39 Å². The van der Waals surface area contributed by atoms with E-state index < -0.39 is 0 Å². The Kier molecular flexibility index (Phi) is 5.09. The summed E-state index contributed by atoms with van der Waals surface area (Å²) < 4.78 is 16.5. The summed E-state index contributed by atoms with van der Waals surface area (Å²) in [5.41, 5.74) is 3.33. The van der Waals surface area contributed by atoms with E-state index >= 15 is 0 Å². The maximum atomic E-state index is 13.2. The SMILES string of the molecule is Fc1ccc(Cn2cc(C(=S)N3CCCCC3)c3cc(Br)ccc32)cc1. The van der Waals surface area contributed by atoms with Gasteiger partial charge in [0.2, 0.25) is 0 Å². The number of thiocarbonyl (C=S) groups is 1. The number of fused-ring (bicyclic) bond motifs is 1. The molecule has 0 radical (unpaired) electrons. The largest absolute Gasteiger partial charge is 0.362 e. The van der Waals surface area contributed by atoms with Crippen molar-refractivity contribution in [3.8, 4) is 0 Å². The smallest absolute Gasteiger partial charge is 0.123 e. The fraction of sp³-hybridized carbons (Fsp3) is 0.286. The van der Waals surface area contributed by atoms with Crippen LogP contribution >= 0.6 is 28.1 Å². The molecule has 0 bridgehead atoms. The minimum Gasteiger partial charge on any atom is -0.362 e. The molecule has 1 saturated heterocycles. The van der Waals surface area contributed by atoms with E-state index in [1.165, 1.54) is 31.4 Å². The van der Waals surface area contributed by atoms with Crippen molar-refractivity contribution in [2.75, 3.05) is 13.1 Å². The molecule has 0 atom stereocenters. The first-order valence-corrected chi connectivity index (χ1v) is 10.1. The van der Waals surface area contributed by atoms with E-state index in [0.29, 0.717) is 6.54 Å². The lowest BCUT2D eigenvalue weighted by Gasteiger charge is -2.29. The second-order valence-electron chi connectivity index (χ2n) is 6.81. The monoisotopic (exact) mass is 430 g/mol. The average Bonchev–Trinajstić information content (AvgIpc) is 3.01. The molecule has 0 saturated carbocycles. The predicted octanol–water partition coefficient (Wildman–Crippen LogP) is 5.75. The fourth-order valence-corrected chi connectivity index (χ4v) is 4.33. The highest BCUT2D eigenvalue weighted by Crippen LogP contribution is 2.28. The van der Waals surface area contributed by atoms with Gasteiger partial charge in [-0.05, 0) is 55.2 Å². The third kappa shape index (κ3) is 3.55. The molecule has 1 aliphatic heterocycles. The van der Waals surface area contributed by atoms with Crippen LogP contribution in [0.2, 0.25) is 0 Å². The predicted molar refractivity (Wildman–Crippen MR) is 112 cm³/mol. The summed E-state index contributed by atoms with van der Waals surface area (Å²) in [7, 11) is 0. The second-order valence-corrected chi connectivity index (χ2v) is 8.11. The lowest BCUT2D eigenvalue weighted by Crippen LogP contribution is -2.34. The van der Waals surface area contributed by atoms with E-state index in [4.69, 9.17) is 12.2 Å². The zero-order chi connectivity index (χ0) is 18.1. The van der Waals surface area contributed by atoms with Crippen molar-refractivity contribution in [3.05, 3.63) is 70.1 Å². The van der Waals surface area contributed by atoms with E-state index in [9.17, 15) is 4.39 Å². The fourth-order valence-electron chi connectivity index (χ4n) is 3.62. The molecule has 4 rings (SSSR count). The van der Waals surface area contributed by atoms with Crippen LogP contribution in [0.4, 0.5) is 4.39 Å². The Morgan fingerprint density at radius 1 is 1.04 bits per heavy atom.